The first-order valence-electron chi connectivity index (χ1n) is 5.86. The molecule has 0 fully saturated rings. The fraction of sp³-hybridized carbons (Fsp3) is 0.385. The molecule has 110 valence electrons. The van der Waals surface area contributed by atoms with Crippen LogP contribution in [-0.4, -0.2) is 24.0 Å². The maximum absolute atomic E-state index is 13.6. The van der Waals surface area contributed by atoms with E-state index in [0.717, 1.165) is 12.1 Å². The Morgan fingerprint density at radius 2 is 1.90 bits per heavy atom. The molecule has 5 nitrogen and oxygen atoms in total. The van der Waals surface area contributed by atoms with Gasteiger partial charge in [-0.2, -0.15) is 0 Å². The van der Waals surface area contributed by atoms with Crippen molar-refractivity contribution >= 4 is 17.6 Å². The molecule has 0 radical (unpaired) electrons. The van der Waals surface area contributed by atoms with Gasteiger partial charge in [-0.25, -0.2) is 13.6 Å². The van der Waals surface area contributed by atoms with Crippen LogP contribution in [0, 0.1) is 11.6 Å². The van der Waals surface area contributed by atoms with Gasteiger partial charge in [0.05, 0.1) is 12.2 Å². The number of hydrogen-bond donors (Lipinski definition) is 2. The summed E-state index contributed by atoms with van der Waals surface area (Å²) in [6.07, 6.45) is -0.951. The number of rotatable bonds is 3. The lowest BCUT2D eigenvalue weighted by Crippen LogP contribution is -2.27. The van der Waals surface area contributed by atoms with E-state index < -0.39 is 34.8 Å². The van der Waals surface area contributed by atoms with Crippen LogP contribution < -0.4 is 11.1 Å². The summed E-state index contributed by atoms with van der Waals surface area (Å²) in [6, 6.07) is 1.74. The molecule has 1 rings (SSSR count). The maximum Gasteiger partial charge on any atom is 0.412 e. The molecule has 7 heteroatoms. The Labute approximate surface area is 115 Å². The molecule has 20 heavy (non-hydrogen) atoms. The predicted molar refractivity (Wildman–Crippen MR) is 69.6 cm³/mol. The average Bonchev–Trinajstić information content (AvgIpc) is 2.31. The quantitative estimate of drug-likeness (QED) is 0.836. The minimum Gasteiger partial charge on any atom is -0.444 e. The van der Waals surface area contributed by atoms with Crippen molar-refractivity contribution in [3.63, 3.8) is 0 Å². The second-order valence-corrected chi connectivity index (χ2v) is 5.07. The number of halogens is 2. The van der Waals surface area contributed by atoms with E-state index in [2.05, 4.69) is 5.32 Å². The zero-order chi connectivity index (χ0) is 15.5. The van der Waals surface area contributed by atoms with Crippen LogP contribution in [0.25, 0.3) is 0 Å². The van der Waals surface area contributed by atoms with Crippen molar-refractivity contribution in [2.75, 3.05) is 11.9 Å². The number of nitrogens with one attached hydrogen (secondary N) is 1. The van der Waals surface area contributed by atoms with Crippen LogP contribution in [-0.2, 0) is 4.74 Å². The fourth-order valence-corrected chi connectivity index (χ4v) is 1.37. The molecule has 0 aliphatic carbocycles. The fourth-order valence-electron chi connectivity index (χ4n) is 1.37. The van der Waals surface area contributed by atoms with Crippen LogP contribution >= 0.6 is 0 Å². The van der Waals surface area contributed by atoms with Crippen molar-refractivity contribution in [1.29, 1.82) is 0 Å². The number of Topliss-reactive ketones (excluding diaryl/α,β-unsaturated/α-hetero) is 1. The van der Waals surface area contributed by atoms with E-state index in [1.54, 1.807) is 20.8 Å². The van der Waals surface area contributed by atoms with Gasteiger partial charge in [-0.05, 0) is 32.9 Å². The topological polar surface area (TPSA) is 81.4 Å². The first-order valence-corrected chi connectivity index (χ1v) is 5.86. The molecule has 1 aromatic rings. The van der Waals surface area contributed by atoms with Crippen molar-refractivity contribution in [3.05, 3.63) is 29.3 Å². The van der Waals surface area contributed by atoms with E-state index in [1.807, 2.05) is 0 Å². The molecule has 0 bridgehead atoms. The Kier molecular flexibility index (Phi) is 4.78. The number of ketones is 1. The molecule has 0 aliphatic heterocycles. The summed E-state index contributed by atoms with van der Waals surface area (Å²) in [6.45, 7) is 4.52. The molecule has 0 saturated carbocycles. The highest BCUT2D eigenvalue weighted by Gasteiger charge is 2.20. The molecule has 1 amide bonds. The summed E-state index contributed by atoms with van der Waals surface area (Å²) in [5.41, 5.74) is 3.76. The summed E-state index contributed by atoms with van der Waals surface area (Å²) >= 11 is 0. The van der Waals surface area contributed by atoms with E-state index >= 15 is 0 Å². The lowest BCUT2D eigenvalue weighted by Gasteiger charge is -2.20. The van der Waals surface area contributed by atoms with Gasteiger partial charge in [0.1, 0.15) is 5.60 Å². The third kappa shape index (κ3) is 4.27. The lowest BCUT2D eigenvalue weighted by atomic mass is 10.1. The predicted octanol–water partition coefficient (Wildman–Crippen LogP) is 2.45. The number of nitrogens with two attached hydrogens (primary N) is 1. The number of hydrogen-bond acceptors (Lipinski definition) is 4. The van der Waals surface area contributed by atoms with Crippen molar-refractivity contribution < 1.29 is 23.1 Å². The molecular weight excluding hydrogens is 270 g/mol. The van der Waals surface area contributed by atoms with Crippen LogP contribution in [0.5, 0.6) is 0 Å². The molecule has 0 spiro atoms. The van der Waals surface area contributed by atoms with E-state index in [0.29, 0.717) is 0 Å². The van der Waals surface area contributed by atoms with Crippen LogP contribution in [0.2, 0.25) is 0 Å². The molecule has 0 aromatic heterocycles. The number of anilines is 1. The van der Waals surface area contributed by atoms with E-state index in [1.165, 1.54) is 0 Å². The third-order valence-corrected chi connectivity index (χ3v) is 2.17. The molecule has 0 aliphatic rings. The van der Waals surface area contributed by atoms with Gasteiger partial charge in [0.2, 0.25) is 0 Å². The number of amides is 1. The van der Waals surface area contributed by atoms with E-state index in [9.17, 15) is 18.4 Å². The summed E-state index contributed by atoms with van der Waals surface area (Å²) in [4.78, 5) is 22.9. The van der Waals surface area contributed by atoms with E-state index in [4.69, 9.17) is 10.5 Å². The van der Waals surface area contributed by atoms with Crippen LogP contribution in [0.4, 0.5) is 19.3 Å². The van der Waals surface area contributed by atoms with Gasteiger partial charge >= 0.3 is 6.09 Å². The summed E-state index contributed by atoms with van der Waals surface area (Å²) in [5.74, 6) is -3.10. The maximum atomic E-state index is 13.6. The Bertz CT molecular complexity index is 539. The monoisotopic (exact) mass is 286 g/mol. The molecule has 0 unspecified atom stereocenters. The Balaban J connectivity index is 3.03. The summed E-state index contributed by atoms with van der Waals surface area (Å²) in [5, 5.41) is 2.06. The highest BCUT2D eigenvalue weighted by atomic mass is 19.2. The van der Waals surface area contributed by atoms with Crippen LogP contribution in [0.15, 0.2) is 12.1 Å². The van der Waals surface area contributed by atoms with Gasteiger partial charge in [-0.3, -0.25) is 10.1 Å². The zero-order valence-corrected chi connectivity index (χ0v) is 11.4. The average molecular weight is 286 g/mol. The van der Waals surface area contributed by atoms with Gasteiger partial charge in [0.25, 0.3) is 0 Å². The Morgan fingerprint density at radius 3 is 2.40 bits per heavy atom. The van der Waals surface area contributed by atoms with Gasteiger partial charge in [0.15, 0.2) is 17.4 Å². The second kappa shape index (κ2) is 5.96. The zero-order valence-electron chi connectivity index (χ0n) is 11.4. The summed E-state index contributed by atoms with van der Waals surface area (Å²) in [7, 11) is 0. The molecule has 3 N–H and O–H groups in total. The highest BCUT2D eigenvalue weighted by Crippen LogP contribution is 2.21. The van der Waals surface area contributed by atoms with Crippen molar-refractivity contribution in [2.45, 2.75) is 26.4 Å². The number of benzene rings is 1. The second-order valence-electron chi connectivity index (χ2n) is 5.07. The smallest absolute Gasteiger partial charge is 0.412 e. The third-order valence-electron chi connectivity index (χ3n) is 2.17. The van der Waals surface area contributed by atoms with Crippen molar-refractivity contribution in [3.8, 4) is 0 Å². The van der Waals surface area contributed by atoms with Crippen molar-refractivity contribution in [2.24, 2.45) is 5.73 Å². The SMILES string of the molecule is CC(C)(C)OC(=O)Nc1cc(C(=O)CN)cc(F)c1F. The molecule has 0 saturated heterocycles. The lowest BCUT2D eigenvalue weighted by molar-refractivity contribution is 0.0634. The number of ether oxygens (including phenoxy) is 1. The highest BCUT2D eigenvalue weighted by molar-refractivity contribution is 5.99. The van der Waals surface area contributed by atoms with E-state index in [-0.39, 0.29) is 12.1 Å². The number of carbonyl (C=O) groups excluding carboxylic acids is 2. The van der Waals surface area contributed by atoms with Crippen molar-refractivity contribution in [1.82, 2.24) is 0 Å². The van der Waals surface area contributed by atoms with Gasteiger partial charge in [-0.1, -0.05) is 0 Å². The Morgan fingerprint density at radius 1 is 1.30 bits per heavy atom. The first-order chi connectivity index (χ1) is 9.14. The molecule has 0 atom stereocenters. The van der Waals surface area contributed by atoms with Crippen LogP contribution in [0.1, 0.15) is 31.1 Å². The molecule has 0 heterocycles. The minimum absolute atomic E-state index is 0.127. The molecular formula is C13H16F2N2O3. The largest absolute Gasteiger partial charge is 0.444 e. The van der Waals surface area contributed by atoms with Gasteiger partial charge < -0.3 is 10.5 Å². The minimum atomic E-state index is -1.27. The molecule has 1 aromatic carbocycles. The Hall–Kier alpha value is -2.02. The number of carbonyl (C=O) groups is 2. The van der Waals surface area contributed by atoms with Gasteiger partial charge in [0, 0.05) is 5.56 Å². The standard InChI is InChI=1S/C13H16F2N2O3/c1-13(2,3)20-12(19)17-9-5-7(10(18)6-16)4-8(14)11(9)15/h4-5H,6,16H2,1-3H3,(H,17,19). The van der Waals surface area contributed by atoms with Gasteiger partial charge in [-0.15, -0.1) is 0 Å². The normalized spacial score (nSPS) is 11.1. The van der Waals surface area contributed by atoms with Crippen LogP contribution in [0.3, 0.4) is 0 Å². The first kappa shape index (κ1) is 16.0. The summed E-state index contributed by atoms with van der Waals surface area (Å²) < 4.78 is 31.8.